The molecule has 7 heteroatoms. The van der Waals surface area contributed by atoms with Crippen molar-refractivity contribution in [3.63, 3.8) is 0 Å². The summed E-state index contributed by atoms with van der Waals surface area (Å²) >= 11 is 0. The maximum atomic E-state index is 12.4. The molecule has 7 nitrogen and oxygen atoms in total. The lowest BCUT2D eigenvalue weighted by molar-refractivity contribution is -0.173. The van der Waals surface area contributed by atoms with E-state index in [4.69, 9.17) is 4.74 Å². The Balaban J connectivity index is 2.04. The van der Waals surface area contributed by atoms with Crippen molar-refractivity contribution in [3.8, 4) is 0 Å². The molecule has 24 heavy (non-hydrogen) atoms. The lowest BCUT2D eigenvalue weighted by atomic mass is 9.83. The summed E-state index contributed by atoms with van der Waals surface area (Å²) in [6, 6.07) is 8.29. The molecule has 1 aliphatic heterocycles. The maximum Gasteiger partial charge on any atom is 0.306 e. The van der Waals surface area contributed by atoms with Crippen molar-refractivity contribution in [2.75, 3.05) is 6.61 Å². The smallest absolute Gasteiger partial charge is 0.306 e. The van der Waals surface area contributed by atoms with E-state index in [1.807, 2.05) is 30.3 Å². The maximum absolute atomic E-state index is 12.4. The van der Waals surface area contributed by atoms with Crippen LogP contribution in [0.2, 0.25) is 0 Å². The number of nitrogens with one attached hydrogen (secondary N) is 1. The monoisotopic (exact) mass is 332 g/mol. The molecule has 3 amide bonds. The van der Waals surface area contributed by atoms with Crippen LogP contribution >= 0.6 is 0 Å². The van der Waals surface area contributed by atoms with Gasteiger partial charge in [0.05, 0.1) is 18.9 Å². The topological polar surface area (TPSA) is 92.8 Å². The third-order valence-electron chi connectivity index (χ3n) is 3.82. The van der Waals surface area contributed by atoms with Gasteiger partial charge in [-0.15, -0.1) is 0 Å². The molecule has 1 saturated heterocycles. The van der Waals surface area contributed by atoms with Crippen LogP contribution in [0, 0.1) is 5.92 Å². The first-order valence-corrected chi connectivity index (χ1v) is 7.76. The minimum atomic E-state index is -0.969. The Morgan fingerprint density at radius 2 is 1.88 bits per heavy atom. The molecular weight excluding hydrogens is 312 g/mol. The molecule has 1 aromatic carbocycles. The van der Waals surface area contributed by atoms with Gasteiger partial charge in [0, 0.05) is 13.5 Å². The number of imide groups is 1. The fourth-order valence-corrected chi connectivity index (χ4v) is 2.69. The lowest BCUT2D eigenvalue weighted by Gasteiger charge is -2.43. The highest BCUT2D eigenvalue weighted by Crippen LogP contribution is 2.30. The van der Waals surface area contributed by atoms with E-state index in [1.165, 1.54) is 6.92 Å². The number of nitrogens with zero attached hydrogens (tertiary/aromatic N) is 1. The van der Waals surface area contributed by atoms with Gasteiger partial charge in [0.25, 0.3) is 0 Å². The Kier molecular flexibility index (Phi) is 5.68. The van der Waals surface area contributed by atoms with Gasteiger partial charge in [-0.2, -0.15) is 0 Å². The number of hydrogen-bond acceptors (Lipinski definition) is 5. The highest BCUT2D eigenvalue weighted by atomic mass is 16.5. The summed E-state index contributed by atoms with van der Waals surface area (Å²) in [5, 5.41) is 2.70. The number of hydrogen-bond donors (Lipinski definition) is 1. The van der Waals surface area contributed by atoms with Crippen molar-refractivity contribution >= 4 is 23.7 Å². The van der Waals surface area contributed by atoms with Crippen LogP contribution in [0.5, 0.6) is 0 Å². The number of rotatable bonds is 6. The Bertz CT molecular complexity index is 644. The van der Waals surface area contributed by atoms with Crippen molar-refractivity contribution in [2.24, 2.45) is 5.92 Å². The summed E-state index contributed by atoms with van der Waals surface area (Å²) in [5.74, 6) is -2.90. The molecule has 1 fully saturated rings. The zero-order chi connectivity index (χ0) is 17.7. The highest BCUT2D eigenvalue weighted by molar-refractivity contribution is 6.09. The number of benzene rings is 1. The summed E-state index contributed by atoms with van der Waals surface area (Å²) in [4.78, 5) is 48.5. The Morgan fingerprint density at radius 1 is 1.21 bits per heavy atom. The molecule has 128 valence electrons. The molecule has 0 radical (unpaired) electrons. The number of likely N-dealkylation sites (tertiary alicyclic amines) is 1. The van der Waals surface area contributed by atoms with Crippen LogP contribution in [0.1, 0.15) is 25.8 Å². The standard InChI is InChI=1S/C17H20N2O5/c1-3-24-14(21)9-13-15(19(11(2)20)17(13)23)16(22)18-10-12-7-5-4-6-8-12/h4-8,13,15H,3,9-10H2,1-2H3,(H,18,22). The summed E-state index contributed by atoms with van der Waals surface area (Å²) in [7, 11) is 0. The van der Waals surface area contributed by atoms with Crippen molar-refractivity contribution in [1.82, 2.24) is 10.2 Å². The second-order valence-corrected chi connectivity index (χ2v) is 5.49. The summed E-state index contributed by atoms with van der Waals surface area (Å²) in [5.41, 5.74) is 0.896. The minimum absolute atomic E-state index is 0.195. The lowest BCUT2D eigenvalue weighted by Crippen LogP contribution is -2.68. The van der Waals surface area contributed by atoms with E-state index >= 15 is 0 Å². The van der Waals surface area contributed by atoms with E-state index in [9.17, 15) is 19.2 Å². The Hall–Kier alpha value is -2.70. The van der Waals surface area contributed by atoms with Crippen LogP contribution in [-0.2, 0) is 30.5 Å². The molecule has 1 aromatic rings. The molecular formula is C17H20N2O5. The van der Waals surface area contributed by atoms with Crippen molar-refractivity contribution in [3.05, 3.63) is 35.9 Å². The number of ether oxygens (including phenoxy) is 1. The number of carbonyl (C=O) groups excluding carboxylic acids is 4. The van der Waals surface area contributed by atoms with E-state index in [-0.39, 0.29) is 19.6 Å². The molecule has 0 saturated carbocycles. The van der Waals surface area contributed by atoms with Crippen LogP contribution in [0.25, 0.3) is 0 Å². The SMILES string of the molecule is CCOC(=O)CC1C(=O)N(C(C)=O)C1C(=O)NCc1ccccc1. The van der Waals surface area contributed by atoms with Crippen molar-refractivity contribution < 1.29 is 23.9 Å². The largest absolute Gasteiger partial charge is 0.466 e. The number of amides is 3. The Morgan fingerprint density at radius 3 is 2.46 bits per heavy atom. The first-order chi connectivity index (χ1) is 11.5. The molecule has 1 aliphatic rings. The molecule has 1 heterocycles. The minimum Gasteiger partial charge on any atom is -0.466 e. The second kappa shape index (κ2) is 7.72. The molecule has 2 rings (SSSR count). The molecule has 0 bridgehead atoms. The zero-order valence-electron chi connectivity index (χ0n) is 13.7. The van der Waals surface area contributed by atoms with Crippen molar-refractivity contribution in [2.45, 2.75) is 32.9 Å². The third-order valence-corrected chi connectivity index (χ3v) is 3.82. The van der Waals surface area contributed by atoms with Gasteiger partial charge in [0.1, 0.15) is 6.04 Å². The van der Waals surface area contributed by atoms with Gasteiger partial charge in [0.15, 0.2) is 0 Å². The normalized spacial score (nSPS) is 19.4. The van der Waals surface area contributed by atoms with Gasteiger partial charge < -0.3 is 10.1 Å². The molecule has 0 spiro atoms. The van der Waals surface area contributed by atoms with Gasteiger partial charge in [-0.05, 0) is 12.5 Å². The van der Waals surface area contributed by atoms with Crippen LogP contribution in [0.3, 0.4) is 0 Å². The number of β-lactam (4-membered cyclic amide) rings is 1. The fourth-order valence-electron chi connectivity index (χ4n) is 2.69. The first-order valence-electron chi connectivity index (χ1n) is 7.76. The van der Waals surface area contributed by atoms with E-state index in [0.717, 1.165) is 10.5 Å². The average molecular weight is 332 g/mol. The fraction of sp³-hybridized carbons (Fsp3) is 0.412. The predicted octanol–water partition coefficient (Wildman–Crippen LogP) is 0.630. The molecule has 0 aromatic heterocycles. The van der Waals surface area contributed by atoms with Crippen LogP contribution < -0.4 is 5.32 Å². The van der Waals surface area contributed by atoms with Gasteiger partial charge in [-0.25, -0.2) is 0 Å². The van der Waals surface area contributed by atoms with E-state index in [1.54, 1.807) is 6.92 Å². The summed E-state index contributed by atoms with van der Waals surface area (Å²) in [6.07, 6.45) is -0.208. The summed E-state index contributed by atoms with van der Waals surface area (Å²) in [6.45, 7) is 3.35. The van der Waals surface area contributed by atoms with Crippen LogP contribution in [0.15, 0.2) is 30.3 Å². The van der Waals surface area contributed by atoms with E-state index in [0.29, 0.717) is 0 Å². The van der Waals surface area contributed by atoms with Gasteiger partial charge in [-0.3, -0.25) is 24.1 Å². The zero-order valence-corrected chi connectivity index (χ0v) is 13.7. The van der Waals surface area contributed by atoms with E-state index < -0.39 is 35.7 Å². The van der Waals surface area contributed by atoms with Gasteiger partial charge in [0.2, 0.25) is 17.7 Å². The predicted molar refractivity (Wildman–Crippen MR) is 84.3 cm³/mol. The average Bonchev–Trinajstić information content (AvgIpc) is 2.55. The molecule has 1 N–H and O–H groups in total. The number of esters is 1. The Labute approximate surface area is 140 Å². The first kappa shape index (κ1) is 17.7. The van der Waals surface area contributed by atoms with E-state index in [2.05, 4.69) is 5.32 Å². The molecule has 2 unspecified atom stereocenters. The second-order valence-electron chi connectivity index (χ2n) is 5.49. The van der Waals surface area contributed by atoms with Gasteiger partial charge >= 0.3 is 5.97 Å². The number of carbonyl (C=O) groups is 4. The summed E-state index contributed by atoms with van der Waals surface area (Å²) < 4.78 is 4.82. The quantitative estimate of drug-likeness (QED) is 0.609. The third kappa shape index (κ3) is 3.79. The highest BCUT2D eigenvalue weighted by Gasteiger charge is 2.54. The van der Waals surface area contributed by atoms with Crippen LogP contribution in [0.4, 0.5) is 0 Å². The van der Waals surface area contributed by atoms with Crippen LogP contribution in [-0.4, -0.2) is 41.2 Å². The van der Waals surface area contributed by atoms with Gasteiger partial charge in [-0.1, -0.05) is 30.3 Å². The molecule has 0 aliphatic carbocycles. The molecule has 2 atom stereocenters. The van der Waals surface area contributed by atoms with Crippen molar-refractivity contribution in [1.29, 1.82) is 0 Å².